The van der Waals surface area contributed by atoms with E-state index in [1.165, 1.54) is 12.8 Å². The van der Waals surface area contributed by atoms with Crippen molar-refractivity contribution in [1.29, 1.82) is 0 Å². The molecule has 1 rings (SSSR count). The Balaban J connectivity index is 1.93. The Kier molecular flexibility index (Phi) is 6.69. The van der Waals surface area contributed by atoms with E-state index in [2.05, 4.69) is 6.58 Å². The summed E-state index contributed by atoms with van der Waals surface area (Å²) in [6, 6.07) is 0. The Labute approximate surface area is 93.3 Å². The molecule has 1 heterocycles. The van der Waals surface area contributed by atoms with E-state index in [9.17, 15) is 5.11 Å². The minimum absolute atomic E-state index is 0.156. The third-order valence-electron chi connectivity index (χ3n) is 3.00. The highest BCUT2D eigenvalue weighted by molar-refractivity contribution is 4.70. The Morgan fingerprint density at radius 2 is 2.27 bits per heavy atom. The molecule has 88 valence electrons. The van der Waals surface area contributed by atoms with Gasteiger partial charge in [0.25, 0.3) is 0 Å². The summed E-state index contributed by atoms with van der Waals surface area (Å²) < 4.78 is 5.50. The molecule has 15 heavy (non-hydrogen) atoms. The summed E-state index contributed by atoms with van der Waals surface area (Å²) in [5.74, 6) is 0. The zero-order chi connectivity index (χ0) is 10.9. The lowest BCUT2D eigenvalue weighted by molar-refractivity contribution is 0.0496. The average Bonchev–Trinajstić information content (AvgIpc) is 2.70. The van der Waals surface area contributed by atoms with Gasteiger partial charge in [0.15, 0.2) is 0 Å². The molecule has 1 saturated heterocycles. The SMILES string of the molecule is C=CCCCCCC(O)CC1CCCO1. The summed E-state index contributed by atoms with van der Waals surface area (Å²) in [6.45, 7) is 4.58. The second-order valence-corrected chi connectivity index (χ2v) is 4.45. The molecule has 0 aromatic rings. The van der Waals surface area contributed by atoms with Gasteiger partial charge in [0.2, 0.25) is 0 Å². The van der Waals surface area contributed by atoms with Gasteiger partial charge in [0, 0.05) is 6.61 Å². The molecule has 0 spiro atoms. The number of allylic oxidation sites excluding steroid dienone is 1. The molecule has 1 fully saturated rings. The molecule has 0 aromatic carbocycles. The van der Waals surface area contributed by atoms with Crippen molar-refractivity contribution < 1.29 is 9.84 Å². The molecule has 0 bridgehead atoms. The lowest BCUT2D eigenvalue weighted by Gasteiger charge is -2.14. The highest BCUT2D eigenvalue weighted by Gasteiger charge is 2.18. The van der Waals surface area contributed by atoms with E-state index in [1.807, 2.05) is 6.08 Å². The summed E-state index contributed by atoms with van der Waals surface area (Å²) in [5.41, 5.74) is 0. The van der Waals surface area contributed by atoms with Crippen LogP contribution in [0.4, 0.5) is 0 Å². The number of aliphatic hydroxyl groups excluding tert-OH is 1. The number of ether oxygens (including phenoxy) is 1. The molecular formula is C13H24O2. The molecule has 0 saturated carbocycles. The predicted molar refractivity (Wildman–Crippen MR) is 62.9 cm³/mol. The summed E-state index contributed by atoms with van der Waals surface area (Å²) >= 11 is 0. The van der Waals surface area contributed by atoms with E-state index in [1.54, 1.807) is 0 Å². The van der Waals surface area contributed by atoms with Gasteiger partial charge < -0.3 is 9.84 Å². The smallest absolute Gasteiger partial charge is 0.0600 e. The first-order chi connectivity index (χ1) is 7.33. The van der Waals surface area contributed by atoms with Crippen molar-refractivity contribution in [2.45, 2.75) is 63.6 Å². The highest BCUT2D eigenvalue weighted by atomic mass is 16.5. The van der Waals surface area contributed by atoms with E-state index in [4.69, 9.17) is 4.74 Å². The Morgan fingerprint density at radius 1 is 1.40 bits per heavy atom. The third-order valence-corrected chi connectivity index (χ3v) is 3.00. The fraction of sp³-hybridized carbons (Fsp3) is 0.846. The summed E-state index contributed by atoms with van der Waals surface area (Å²) in [5, 5.41) is 9.77. The number of aliphatic hydroxyl groups is 1. The lowest BCUT2D eigenvalue weighted by atomic mass is 10.0. The minimum atomic E-state index is -0.156. The normalized spacial score (nSPS) is 22.9. The molecule has 0 aliphatic carbocycles. The third kappa shape index (κ3) is 5.95. The van der Waals surface area contributed by atoms with Crippen molar-refractivity contribution in [3.05, 3.63) is 12.7 Å². The van der Waals surface area contributed by atoms with Crippen LogP contribution >= 0.6 is 0 Å². The molecule has 0 radical (unpaired) electrons. The Hall–Kier alpha value is -0.340. The molecule has 2 atom stereocenters. The van der Waals surface area contributed by atoms with Gasteiger partial charge in [-0.1, -0.05) is 18.9 Å². The van der Waals surface area contributed by atoms with Crippen LogP contribution < -0.4 is 0 Å². The van der Waals surface area contributed by atoms with Gasteiger partial charge in [0.05, 0.1) is 12.2 Å². The summed E-state index contributed by atoms with van der Waals surface area (Å²) in [6.07, 6.45) is 10.8. The van der Waals surface area contributed by atoms with E-state index in [0.29, 0.717) is 6.10 Å². The van der Waals surface area contributed by atoms with Crippen LogP contribution in [0.1, 0.15) is 51.4 Å². The average molecular weight is 212 g/mol. The number of unbranched alkanes of at least 4 members (excludes halogenated alkanes) is 3. The first kappa shape index (κ1) is 12.7. The molecule has 2 unspecified atom stereocenters. The van der Waals surface area contributed by atoms with E-state index < -0.39 is 0 Å². The molecular weight excluding hydrogens is 188 g/mol. The minimum Gasteiger partial charge on any atom is -0.393 e. The Bertz CT molecular complexity index is 162. The van der Waals surface area contributed by atoms with Gasteiger partial charge in [-0.2, -0.15) is 0 Å². The Morgan fingerprint density at radius 3 is 2.93 bits per heavy atom. The highest BCUT2D eigenvalue weighted by Crippen LogP contribution is 2.19. The van der Waals surface area contributed by atoms with Gasteiger partial charge in [-0.05, 0) is 38.5 Å². The van der Waals surface area contributed by atoms with Gasteiger partial charge in [-0.15, -0.1) is 6.58 Å². The molecule has 2 heteroatoms. The van der Waals surface area contributed by atoms with Crippen LogP contribution in [0.2, 0.25) is 0 Å². The molecule has 1 N–H and O–H groups in total. The second-order valence-electron chi connectivity index (χ2n) is 4.45. The fourth-order valence-corrected chi connectivity index (χ4v) is 2.10. The number of hydrogen-bond acceptors (Lipinski definition) is 2. The van der Waals surface area contributed by atoms with Gasteiger partial charge in [0.1, 0.15) is 0 Å². The maximum atomic E-state index is 9.77. The molecule has 1 aliphatic rings. The number of hydrogen-bond donors (Lipinski definition) is 1. The van der Waals surface area contributed by atoms with Gasteiger partial charge in [-0.3, -0.25) is 0 Å². The molecule has 0 amide bonds. The maximum absolute atomic E-state index is 9.77. The van der Waals surface area contributed by atoms with Gasteiger partial charge in [-0.25, -0.2) is 0 Å². The zero-order valence-corrected chi connectivity index (χ0v) is 9.66. The fourth-order valence-electron chi connectivity index (χ4n) is 2.10. The van der Waals surface area contributed by atoms with E-state index in [-0.39, 0.29) is 6.10 Å². The first-order valence-electron chi connectivity index (χ1n) is 6.23. The van der Waals surface area contributed by atoms with Crippen molar-refractivity contribution >= 4 is 0 Å². The van der Waals surface area contributed by atoms with Crippen molar-refractivity contribution in [3.63, 3.8) is 0 Å². The van der Waals surface area contributed by atoms with Crippen molar-refractivity contribution in [2.75, 3.05) is 6.61 Å². The quantitative estimate of drug-likeness (QED) is 0.495. The van der Waals surface area contributed by atoms with Gasteiger partial charge >= 0.3 is 0 Å². The zero-order valence-electron chi connectivity index (χ0n) is 9.66. The maximum Gasteiger partial charge on any atom is 0.0600 e. The number of rotatable bonds is 8. The van der Waals surface area contributed by atoms with E-state index >= 15 is 0 Å². The van der Waals surface area contributed by atoms with Crippen LogP contribution in [0.25, 0.3) is 0 Å². The van der Waals surface area contributed by atoms with E-state index in [0.717, 1.165) is 45.1 Å². The van der Waals surface area contributed by atoms with Crippen molar-refractivity contribution in [2.24, 2.45) is 0 Å². The van der Waals surface area contributed by atoms with Crippen LogP contribution in [-0.2, 0) is 4.74 Å². The molecule has 0 aromatic heterocycles. The topological polar surface area (TPSA) is 29.5 Å². The van der Waals surface area contributed by atoms with Crippen LogP contribution in [0.3, 0.4) is 0 Å². The molecule has 2 nitrogen and oxygen atoms in total. The van der Waals surface area contributed by atoms with Crippen molar-refractivity contribution in [1.82, 2.24) is 0 Å². The predicted octanol–water partition coefficient (Wildman–Crippen LogP) is 3.05. The summed E-state index contributed by atoms with van der Waals surface area (Å²) in [4.78, 5) is 0. The van der Waals surface area contributed by atoms with Crippen LogP contribution in [0, 0.1) is 0 Å². The standard InChI is InChI=1S/C13H24O2/c1-2-3-4-5-6-8-12(14)11-13-9-7-10-15-13/h2,12-14H,1,3-11H2. The molecule has 1 aliphatic heterocycles. The van der Waals surface area contributed by atoms with Crippen LogP contribution in [-0.4, -0.2) is 23.9 Å². The first-order valence-corrected chi connectivity index (χ1v) is 6.23. The lowest BCUT2D eigenvalue weighted by Crippen LogP contribution is -2.16. The second kappa shape index (κ2) is 7.89. The van der Waals surface area contributed by atoms with Crippen molar-refractivity contribution in [3.8, 4) is 0 Å². The largest absolute Gasteiger partial charge is 0.393 e. The summed E-state index contributed by atoms with van der Waals surface area (Å²) in [7, 11) is 0. The monoisotopic (exact) mass is 212 g/mol. The van der Waals surface area contributed by atoms with Crippen LogP contribution in [0.5, 0.6) is 0 Å². The van der Waals surface area contributed by atoms with Crippen LogP contribution in [0.15, 0.2) is 12.7 Å².